The van der Waals surface area contributed by atoms with Gasteiger partial charge in [-0.15, -0.1) is 0 Å². The Morgan fingerprint density at radius 2 is 1.90 bits per heavy atom. The number of nitrogens with two attached hydrogens (primary N) is 1. The Balaban J connectivity index is 2.57. The predicted molar refractivity (Wildman–Crippen MR) is 44.8 cm³/mol. The minimum absolute atomic E-state index is 0.170. The number of hydrogen-bond acceptors (Lipinski definition) is 1. The molecule has 0 aromatic rings. The fourth-order valence-electron chi connectivity index (χ4n) is 2.02. The second-order valence-electron chi connectivity index (χ2n) is 4.56. The molecule has 0 heterocycles. The van der Waals surface area contributed by atoms with E-state index >= 15 is 0 Å². The predicted octanol–water partition coefficient (Wildman–Crippen LogP) is 2.30. The van der Waals surface area contributed by atoms with Crippen LogP contribution in [0.15, 0.2) is 0 Å². The maximum Gasteiger partial charge on any atom is 0.0157 e. The van der Waals surface area contributed by atoms with Gasteiger partial charge in [0.05, 0.1) is 0 Å². The van der Waals surface area contributed by atoms with Gasteiger partial charge in [0.2, 0.25) is 0 Å². The highest BCUT2D eigenvalue weighted by Gasteiger charge is 2.38. The molecule has 0 aromatic heterocycles. The Kier molecular flexibility index (Phi) is 1.80. The van der Waals surface area contributed by atoms with Gasteiger partial charge in [0.15, 0.2) is 0 Å². The lowest BCUT2D eigenvalue weighted by Gasteiger charge is -2.24. The molecule has 10 heavy (non-hydrogen) atoms. The van der Waals surface area contributed by atoms with E-state index in [4.69, 9.17) is 5.73 Å². The molecule has 60 valence electrons. The van der Waals surface area contributed by atoms with Crippen molar-refractivity contribution in [1.29, 1.82) is 0 Å². The van der Waals surface area contributed by atoms with E-state index in [2.05, 4.69) is 20.8 Å². The molecule has 1 unspecified atom stereocenters. The van der Waals surface area contributed by atoms with Crippen molar-refractivity contribution in [2.45, 2.75) is 52.0 Å². The maximum absolute atomic E-state index is 6.13. The average Bonchev–Trinajstić information content (AvgIpc) is 2.08. The lowest BCUT2D eigenvalue weighted by Crippen LogP contribution is -2.36. The van der Waals surface area contributed by atoms with E-state index in [0.29, 0.717) is 5.41 Å². The SMILES string of the molecule is CCC1(N)CCC(C)(C)C1. The Morgan fingerprint density at radius 1 is 1.30 bits per heavy atom. The van der Waals surface area contributed by atoms with E-state index in [0.717, 1.165) is 6.42 Å². The van der Waals surface area contributed by atoms with Crippen LogP contribution < -0.4 is 5.73 Å². The van der Waals surface area contributed by atoms with Gasteiger partial charge in [-0.2, -0.15) is 0 Å². The number of hydrogen-bond donors (Lipinski definition) is 1. The van der Waals surface area contributed by atoms with Crippen molar-refractivity contribution in [3.05, 3.63) is 0 Å². The van der Waals surface area contributed by atoms with E-state index in [1.807, 2.05) is 0 Å². The molecule has 1 saturated carbocycles. The van der Waals surface area contributed by atoms with Crippen LogP contribution in [0.4, 0.5) is 0 Å². The normalized spacial score (nSPS) is 38.4. The molecule has 1 rings (SSSR count). The summed E-state index contributed by atoms with van der Waals surface area (Å²) in [6.45, 7) is 6.83. The third-order valence-electron chi connectivity index (χ3n) is 2.83. The topological polar surface area (TPSA) is 26.0 Å². The fraction of sp³-hybridized carbons (Fsp3) is 1.00. The van der Waals surface area contributed by atoms with Crippen LogP contribution in [0.25, 0.3) is 0 Å². The van der Waals surface area contributed by atoms with Gasteiger partial charge in [-0.25, -0.2) is 0 Å². The first-order valence-corrected chi connectivity index (χ1v) is 4.26. The summed E-state index contributed by atoms with van der Waals surface area (Å²) in [5.41, 5.74) is 6.81. The molecule has 1 nitrogen and oxygen atoms in total. The van der Waals surface area contributed by atoms with E-state index in [-0.39, 0.29) is 5.54 Å². The van der Waals surface area contributed by atoms with E-state index in [1.54, 1.807) is 0 Å². The Labute approximate surface area is 64.0 Å². The van der Waals surface area contributed by atoms with Crippen LogP contribution in [0.2, 0.25) is 0 Å². The molecule has 0 spiro atoms. The van der Waals surface area contributed by atoms with E-state index < -0.39 is 0 Å². The molecule has 0 amide bonds. The third-order valence-corrected chi connectivity index (χ3v) is 2.83. The van der Waals surface area contributed by atoms with Gasteiger partial charge in [-0.05, 0) is 31.1 Å². The van der Waals surface area contributed by atoms with Gasteiger partial charge < -0.3 is 5.73 Å². The molecule has 1 atom stereocenters. The summed E-state index contributed by atoms with van der Waals surface area (Å²) in [4.78, 5) is 0. The molecule has 0 aromatic carbocycles. The quantitative estimate of drug-likeness (QED) is 0.595. The van der Waals surface area contributed by atoms with Crippen molar-refractivity contribution in [1.82, 2.24) is 0 Å². The van der Waals surface area contributed by atoms with Crippen LogP contribution in [-0.4, -0.2) is 5.54 Å². The standard InChI is InChI=1S/C9H19N/c1-4-9(10)6-5-8(2,3)7-9/h4-7,10H2,1-3H3. The molecule has 1 fully saturated rings. The zero-order valence-corrected chi connectivity index (χ0v) is 7.41. The van der Waals surface area contributed by atoms with Crippen LogP contribution in [0, 0.1) is 5.41 Å². The summed E-state index contributed by atoms with van der Waals surface area (Å²) in [5.74, 6) is 0. The van der Waals surface area contributed by atoms with Crippen molar-refractivity contribution in [2.24, 2.45) is 11.1 Å². The fourth-order valence-corrected chi connectivity index (χ4v) is 2.02. The van der Waals surface area contributed by atoms with Crippen LogP contribution in [-0.2, 0) is 0 Å². The molecule has 0 saturated heterocycles. The van der Waals surface area contributed by atoms with Crippen LogP contribution in [0.5, 0.6) is 0 Å². The lowest BCUT2D eigenvalue weighted by molar-refractivity contribution is 0.330. The maximum atomic E-state index is 6.13. The van der Waals surface area contributed by atoms with Gasteiger partial charge in [0, 0.05) is 5.54 Å². The van der Waals surface area contributed by atoms with E-state index in [1.165, 1.54) is 19.3 Å². The molecular formula is C9H19N. The molecule has 2 N–H and O–H groups in total. The second kappa shape index (κ2) is 2.23. The molecule has 1 aliphatic rings. The summed E-state index contributed by atoms with van der Waals surface area (Å²) in [7, 11) is 0. The van der Waals surface area contributed by atoms with Gasteiger partial charge in [-0.1, -0.05) is 20.8 Å². The van der Waals surface area contributed by atoms with Gasteiger partial charge in [0.25, 0.3) is 0 Å². The van der Waals surface area contributed by atoms with Gasteiger partial charge >= 0.3 is 0 Å². The molecular weight excluding hydrogens is 122 g/mol. The Hall–Kier alpha value is -0.0400. The average molecular weight is 141 g/mol. The van der Waals surface area contributed by atoms with Crippen molar-refractivity contribution in [2.75, 3.05) is 0 Å². The minimum atomic E-state index is 0.170. The first kappa shape index (κ1) is 8.06. The first-order valence-electron chi connectivity index (χ1n) is 4.26. The Morgan fingerprint density at radius 3 is 2.10 bits per heavy atom. The third kappa shape index (κ3) is 1.51. The largest absolute Gasteiger partial charge is 0.325 e. The number of rotatable bonds is 1. The zero-order chi connectivity index (χ0) is 7.83. The highest BCUT2D eigenvalue weighted by atomic mass is 14.8. The summed E-state index contributed by atoms with van der Waals surface area (Å²) in [6.07, 6.45) is 4.86. The minimum Gasteiger partial charge on any atom is -0.325 e. The summed E-state index contributed by atoms with van der Waals surface area (Å²) in [6, 6.07) is 0. The molecule has 0 aliphatic heterocycles. The summed E-state index contributed by atoms with van der Waals surface area (Å²) in [5, 5.41) is 0. The van der Waals surface area contributed by atoms with Crippen LogP contribution in [0.3, 0.4) is 0 Å². The van der Waals surface area contributed by atoms with Crippen LogP contribution in [0.1, 0.15) is 46.5 Å². The van der Waals surface area contributed by atoms with Gasteiger partial charge in [0.1, 0.15) is 0 Å². The highest BCUT2D eigenvalue weighted by molar-refractivity contribution is 4.96. The lowest BCUT2D eigenvalue weighted by atomic mass is 9.87. The molecule has 0 radical (unpaired) electrons. The van der Waals surface area contributed by atoms with Crippen LogP contribution >= 0.6 is 0 Å². The van der Waals surface area contributed by atoms with Crippen molar-refractivity contribution < 1.29 is 0 Å². The highest BCUT2D eigenvalue weighted by Crippen LogP contribution is 2.43. The van der Waals surface area contributed by atoms with E-state index in [9.17, 15) is 0 Å². The smallest absolute Gasteiger partial charge is 0.0157 e. The van der Waals surface area contributed by atoms with Crippen molar-refractivity contribution in [3.63, 3.8) is 0 Å². The zero-order valence-electron chi connectivity index (χ0n) is 7.41. The molecule has 0 bridgehead atoms. The molecule has 1 aliphatic carbocycles. The van der Waals surface area contributed by atoms with Gasteiger partial charge in [-0.3, -0.25) is 0 Å². The second-order valence-corrected chi connectivity index (χ2v) is 4.56. The van der Waals surface area contributed by atoms with Crippen molar-refractivity contribution >= 4 is 0 Å². The summed E-state index contributed by atoms with van der Waals surface area (Å²) >= 11 is 0. The first-order chi connectivity index (χ1) is 4.47. The molecule has 1 heteroatoms. The monoisotopic (exact) mass is 141 g/mol. The Bertz CT molecular complexity index is 129. The summed E-state index contributed by atoms with van der Waals surface area (Å²) < 4.78 is 0. The van der Waals surface area contributed by atoms with Crippen molar-refractivity contribution in [3.8, 4) is 0 Å².